The van der Waals surface area contributed by atoms with Crippen molar-refractivity contribution in [2.45, 2.75) is 12.6 Å². The summed E-state index contributed by atoms with van der Waals surface area (Å²) in [5, 5.41) is 5.98. The molecule has 28 heavy (non-hydrogen) atoms. The van der Waals surface area contributed by atoms with Gasteiger partial charge in [0.05, 0.1) is 17.4 Å². The lowest BCUT2D eigenvalue weighted by atomic mass is 10.1. The Morgan fingerprint density at radius 2 is 1.75 bits per heavy atom. The number of hydrogen-bond donors (Lipinski definition) is 1. The van der Waals surface area contributed by atoms with Crippen molar-refractivity contribution >= 4 is 5.91 Å². The molecule has 0 aliphatic carbocycles. The lowest BCUT2D eigenvalue weighted by Crippen LogP contribution is -2.28. The third-order valence-electron chi connectivity index (χ3n) is 3.97. The van der Waals surface area contributed by atoms with Gasteiger partial charge in [-0.05, 0) is 24.1 Å². The molecule has 0 spiro atoms. The van der Waals surface area contributed by atoms with E-state index in [1.165, 1.54) is 0 Å². The second kappa shape index (κ2) is 7.79. The Balaban J connectivity index is 1.85. The summed E-state index contributed by atoms with van der Waals surface area (Å²) in [6.45, 7) is 0.122. The molecule has 0 aliphatic rings. The van der Waals surface area contributed by atoms with Gasteiger partial charge >= 0.3 is 6.18 Å². The first-order valence-corrected chi connectivity index (χ1v) is 8.20. The number of nitrogens with zero attached hydrogens (tertiary/aromatic N) is 2. The second-order valence-electron chi connectivity index (χ2n) is 5.91. The fourth-order valence-electron chi connectivity index (χ4n) is 2.66. The molecular weight excluding hydrogens is 381 g/mol. The number of carbonyl (C=O) groups is 1. The number of benzene rings is 2. The van der Waals surface area contributed by atoms with E-state index in [0.717, 1.165) is 17.8 Å². The van der Waals surface area contributed by atoms with E-state index in [2.05, 4.69) is 10.4 Å². The minimum atomic E-state index is -4.94. The smallest absolute Gasteiger partial charge is 0.352 e. The molecule has 1 N–H and O–H groups in total. The number of alkyl halides is 3. The van der Waals surface area contributed by atoms with Gasteiger partial charge in [0.1, 0.15) is 0 Å². The topological polar surface area (TPSA) is 46.9 Å². The SMILES string of the molecule is O=C(NCCc1ccccc1)c1cnn(-c2ccc(F)c(F)c2)c1C(F)(F)F. The van der Waals surface area contributed by atoms with Crippen molar-refractivity contribution in [1.82, 2.24) is 15.1 Å². The fraction of sp³-hybridized carbons (Fsp3) is 0.158. The van der Waals surface area contributed by atoms with Crippen LogP contribution in [0.4, 0.5) is 22.0 Å². The molecule has 0 bridgehead atoms. The molecule has 0 saturated carbocycles. The summed E-state index contributed by atoms with van der Waals surface area (Å²) in [6.07, 6.45) is -3.75. The van der Waals surface area contributed by atoms with Crippen LogP contribution in [0, 0.1) is 11.6 Å². The minimum Gasteiger partial charge on any atom is -0.352 e. The second-order valence-corrected chi connectivity index (χ2v) is 5.91. The molecule has 9 heteroatoms. The number of hydrogen-bond acceptors (Lipinski definition) is 2. The third kappa shape index (κ3) is 4.19. The molecule has 3 rings (SSSR count). The Bertz CT molecular complexity index is 983. The molecule has 1 heterocycles. The largest absolute Gasteiger partial charge is 0.434 e. The highest BCUT2D eigenvalue weighted by Crippen LogP contribution is 2.33. The van der Waals surface area contributed by atoms with Gasteiger partial charge in [-0.15, -0.1) is 0 Å². The molecule has 4 nitrogen and oxygen atoms in total. The summed E-state index contributed by atoms with van der Waals surface area (Å²) < 4.78 is 67.5. The van der Waals surface area contributed by atoms with Gasteiger partial charge in [0.15, 0.2) is 17.3 Å². The van der Waals surface area contributed by atoms with Crippen LogP contribution in [0.1, 0.15) is 21.6 Å². The molecule has 2 aromatic carbocycles. The number of amides is 1. The van der Waals surface area contributed by atoms with Crippen LogP contribution in [0.5, 0.6) is 0 Å². The van der Waals surface area contributed by atoms with Crippen LogP contribution in [0.25, 0.3) is 5.69 Å². The molecule has 1 amide bonds. The van der Waals surface area contributed by atoms with Gasteiger partial charge < -0.3 is 5.32 Å². The van der Waals surface area contributed by atoms with E-state index in [-0.39, 0.29) is 12.2 Å². The van der Waals surface area contributed by atoms with Crippen molar-refractivity contribution in [3.63, 3.8) is 0 Å². The summed E-state index contributed by atoms with van der Waals surface area (Å²) in [7, 11) is 0. The van der Waals surface area contributed by atoms with Gasteiger partial charge in [-0.2, -0.15) is 18.3 Å². The fourth-order valence-corrected chi connectivity index (χ4v) is 2.66. The van der Waals surface area contributed by atoms with Crippen molar-refractivity contribution < 1.29 is 26.7 Å². The minimum absolute atomic E-state index is 0.122. The first kappa shape index (κ1) is 19.5. The summed E-state index contributed by atoms with van der Waals surface area (Å²) in [5.74, 6) is -3.49. The average Bonchev–Trinajstić information content (AvgIpc) is 3.10. The third-order valence-corrected chi connectivity index (χ3v) is 3.97. The van der Waals surface area contributed by atoms with Crippen molar-refractivity contribution in [3.8, 4) is 5.69 Å². The van der Waals surface area contributed by atoms with Crippen molar-refractivity contribution in [3.05, 3.63) is 83.2 Å². The van der Waals surface area contributed by atoms with Crippen LogP contribution in [-0.2, 0) is 12.6 Å². The Kier molecular flexibility index (Phi) is 5.43. The monoisotopic (exact) mass is 395 g/mol. The highest BCUT2D eigenvalue weighted by atomic mass is 19.4. The summed E-state index contributed by atoms with van der Waals surface area (Å²) in [5.41, 5.74) is -1.51. The zero-order chi connectivity index (χ0) is 20.3. The average molecular weight is 395 g/mol. The Hall–Kier alpha value is -3.23. The zero-order valence-electron chi connectivity index (χ0n) is 14.3. The van der Waals surface area contributed by atoms with Gasteiger partial charge in [0.25, 0.3) is 5.91 Å². The maximum atomic E-state index is 13.5. The van der Waals surface area contributed by atoms with E-state index in [0.29, 0.717) is 23.2 Å². The summed E-state index contributed by atoms with van der Waals surface area (Å²) in [4.78, 5) is 12.3. The molecule has 3 aromatic rings. The van der Waals surface area contributed by atoms with E-state index < -0.39 is 35.0 Å². The van der Waals surface area contributed by atoms with Crippen LogP contribution in [0.15, 0.2) is 54.7 Å². The number of rotatable bonds is 5. The highest BCUT2D eigenvalue weighted by molar-refractivity contribution is 5.95. The highest BCUT2D eigenvalue weighted by Gasteiger charge is 2.40. The van der Waals surface area contributed by atoms with E-state index >= 15 is 0 Å². The molecule has 0 fully saturated rings. The van der Waals surface area contributed by atoms with Crippen LogP contribution < -0.4 is 5.32 Å². The Labute approximate surface area is 156 Å². The predicted molar refractivity (Wildman–Crippen MR) is 91.0 cm³/mol. The van der Waals surface area contributed by atoms with E-state index in [4.69, 9.17) is 0 Å². The molecule has 0 aliphatic heterocycles. The van der Waals surface area contributed by atoms with E-state index in [9.17, 15) is 26.7 Å². The van der Waals surface area contributed by atoms with Gasteiger partial charge in [0.2, 0.25) is 0 Å². The zero-order valence-corrected chi connectivity index (χ0v) is 14.3. The van der Waals surface area contributed by atoms with Crippen molar-refractivity contribution in [2.75, 3.05) is 6.54 Å². The van der Waals surface area contributed by atoms with Crippen LogP contribution in [0.3, 0.4) is 0 Å². The predicted octanol–water partition coefficient (Wildman–Crippen LogP) is 4.14. The maximum Gasteiger partial charge on any atom is 0.434 e. The summed E-state index contributed by atoms with van der Waals surface area (Å²) in [6, 6.07) is 11.3. The molecule has 146 valence electrons. The van der Waals surface area contributed by atoms with Crippen LogP contribution >= 0.6 is 0 Å². The number of carbonyl (C=O) groups excluding carboxylic acids is 1. The molecule has 0 atom stereocenters. The lowest BCUT2D eigenvalue weighted by Gasteiger charge is -2.13. The number of aromatic nitrogens is 2. The molecular formula is C19H14F5N3O. The van der Waals surface area contributed by atoms with Gasteiger partial charge in [-0.3, -0.25) is 4.79 Å². The van der Waals surface area contributed by atoms with E-state index in [1.807, 2.05) is 30.3 Å². The van der Waals surface area contributed by atoms with E-state index in [1.54, 1.807) is 0 Å². The summed E-state index contributed by atoms with van der Waals surface area (Å²) >= 11 is 0. The molecule has 0 radical (unpaired) electrons. The lowest BCUT2D eigenvalue weighted by molar-refractivity contribution is -0.143. The van der Waals surface area contributed by atoms with Crippen molar-refractivity contribution in [1.29, 1.82) is 0 Å². The quantitative estimate of drug-likeness (QED) is 0.660. The molecule has 0 unspecified atom stereocenters. The van der Waals surface area contributed by atoms with Gasteiger partial charge in [-0.1, -0.05) is 30.3 Å². The van der Waals surface area contributed by atoms with Crippen molar-refractivity contribution in [2.24, 2.45) is 0 Å². The van der Waals surface area contributed by atoms with Gasteiger partial charge in [-0.25, -0.2) is 13.5 Å². The first-order chi connectivity index (χ1) is 13.3. The normalized spacial score (nSPS) is 11.5. The van der Waals surface area contributed by atoms with Crippen LogP contribution in [0.2, 0.25) is 0 Å². The first-order valence-electron chi connectivity index (χ1n) is 8.20. The molecule has 1 aromatic heterocycles. The van der Waals surface area contributed by atoms with Gasteiger partial charge in [0, 0.05) is 12.6 Å². The Morgan fingerprint density at radius 3 is 2.39 bits per heavy atom. The number of halogens is 5. The Morgan fingerprint density at radius 1 is 1.04 bits per heavy atom. The van der Waals surface area contributed by atoms with Crippen LogP contribution in [-0.4, -0.2) is 22.2 Å². The number of nitrogens with one attached hydrogen (secondary N) is 1. The maximum absolute atomic E-state index is 13.5. The standard InChI is InChI=1S/C19H14F5N3O/c20-15-7-6-13(10-16(15)21)27-17(19(22,23)24)14(11-26-27)18(28)25-9-8-12-4-2-1-3-5-12/h1-7,10-11H,8-9H2,(H,25,28). The molecule has 0 saturated heterocycles.